The third-order valence-corrected chi connectivity index (χ3v) is 5.52. The van der Waals surface area contributed by atoms with Crippen LogP contribution in [0.25, 0.3) is 6.08 Å². The van der Waals surface area contributed by atoms with E-state index in [2.05, 4.69) is 5.32 Å². The van der Waals surface area contributed by atoms with E-state index in [-0.39, 0.29) is 26.9 Å². The zero-order chi connectivity index (χ0) is 23.4. The number of halogens is 1. The molecule has 2 aromatic carbocycles. The molecule has 0 radical (unpaired) electrons. The molecule has 0 atom stereocenters. The average molecular weight is 478 g/mol. The van der Waals surface area contributed by atoms with E-state index in [4.69, 9.17) is 21.1 Å². The molecule has 0 aromatic heterocycles. The molecule has 1 aliphatic heterocycles. The molecule has 1 fully saturated rings. The van der Waals surface area contributed by atoms with Crippen molar-refractivity contribution < 1.29 is 28.8 Å². The number of nitro benzene ring substituents is 1. The zero-order valence-corrected chi connectivity index (χ0v) is 18.4. The molecule has 1 heterocycles. The van der Waals surface area contributed by atoms with Gasteiger partial charge in [0.15, 0.2) is 0 Å². The molecular formula is C20H16ClN3O7S. The van der Waals surface area contributed by atoms with Crippen molar-refractivity contribution in [3.05, 3.63) is 62.0 Å². The lowest BCUT2D eigenvalue weighted by atomic mass is 10.1. The highest BCUT2D eigenvalue weighted by molar-refractivity contribution is 8.18. The van der Waals surface area contributed by atoms with Crippen LogP contribution in [0, 0.1) is 10.1 Å². The molecule has 0 unspecified atom stereocenters. The molecule has 1 aliphatic rings. The van der Waals surface area contributed by atoms with Crippen molar-refractivity contribution in [3.63, 3.8) is 0 Å². The van der Waals surface area contributed by atoms with Crippen LogP contribution in [0.15, 0.2) is 41.3 Å². The van der Waals surface area contributed by atoms with Gasteiger partial charge >= 0.3 is 0 Å². The number of hydrogen-bond donors (Lipinski definition) is 1. The van der Waals surface area contributed by atoms with Crippen LogP contribution in [-0.4, -0.2) is 47.6 Å². The first-order chi connectivity index (χ1) is 15.2. The molecule has 3 rings (SSSR count). The molecule has 1 N–H and O–H groups in total. The number of nitro groups is 1. The van der Waals surface area contributed by atoms with Crippen LogP contribution < -0.4 is 14.8 Å². The Hall–Kier alpha value is -3.57. The van der Waals surface area contributed by atoms with E-state index in [1.807, 2.05) is 0 Å². The van der Waals surface area contributed by atoms with Crippen molar-refractivity contribution >= 4 is 57.9 Å². The Bertz CT molecular complexity index is 1150. The predicted molar refractivity (Wildman–Crippen MR) is 119 cm³/mol. The summed E-state index contributed by atoms with van der Waals surface area (Å²) in [6.45, 7) is -0.516. The van der Waals surface area contributed by atoms with E-state index in [9.17, 15) is 24.5 Å². The number of hydrogen-bond acceptors (Lipinski definition) is 8. The zero-order valence-electron chi connectivity index (χ0n) is 16.8. The number of nitrogens with zero attached hydrogens (tertiary/aromatic N) is 2. The van der Waals surface area contributed by atoms with Gasteiger partial charge < -0.3 is 14.8 Å². The van der Waals surface area contributed by atoms with Gasteiger partial charge in [-0.2, -0.15) is 0 Å². The first-order valence-electron chi connectivity index (χ1n) is 8.94. The lowest BCUT2D eigenvalue weighted by Crippen LogP contribution is -2.36. The minimum Gasteiger partial charge on any atom is -0.496 e. The van der Waals surface area contributed by atoms with Gasteiger partial charge in [0.05, 0.1) is 29.1 Å². The Balaban J connectivity index is 1.76. The van der Waals surface area contributed by atoms with E-state index in [1.54, 1.807) is 12.1 Å². The maximum absolute atomic E-state index is 12.7. The lowest BCUT2D eigenvalue weighted by molar-refractivity contribution is -0.384. The van der Waals surface area contributed by atoms with Crippen LogP contribution in [0.2, 0.25) is 5.02 Å². The van der Waals surface area contributed by atoms with Crippen LogP contribution in [0.4, 0.5) is 16.2 Å². The van der Waals surface area contributed by atoms with Crippen molar-refractivity contribution in [1.29, 1.82) is 0 Å². The standard InChI is InChI=1S/C20H16ClN3O7S/c1-30-15-6-4-13(24(28)29)7-11(15)8-17-19(26)23(20(27)32-17)10-18(25)22-12-3-5-16(31-2)14(21)9-12/h3-9H,10H2,1-2H3,(H,22,25). The molecule has 1 saturated heterocycles. The summed E-state index contributed by atoms with van der Waals surface area (Å²) in [5.41, 5.74) is 0.419. The number of nitrogens with one attached hydrogen (secondary N) is 1. The molecule has 0 aliphatic carbocycles. The largest absolute Gasteiger partial charge is 0.496 e. The number of thioether (sulfide) groups is 1. The Morgan fingerprint density at radius 2 is 1.88 bits per heavy atom. The molecule has 166 valence electrons. The summed E-state index contributed by atoms with van der Waals surface area (Å²) < 4.78 is 10.2. The fourth-order valence-corrected chi connectivity index (χ4v) is 3.90. The van der Waals surface area contributed by atoms with Crippen LogP contribution in [0.1, 0.15) is 5.56 Å². The van der Waals surface area contributed by atoms with Gasteiger partial charge in [0.1, 0.15) is 18.0 Å². The Kier molecular flexibility index (Phi) is 7.01. The first kappa shape index (κ1) is 23.1. The molecule has 32 heavy (non-hydrogen) atoms. The highest BCUT2D eigenvalue weighted by Gasteiger charge is 2.36. The van der Waals surface area contributed by atoms with Gasteiger partial charge in [0, 0.05) is 23.4 Å². The average Bonchev–Trinajstić information content (AvgIpc) is 3.01. The summed E-state index contributed by atoms with van der Waals surface area (Å²) in [4.78, 5) is 48.6. The monoisotopic (exact) mass is 477 g/mol. The van der Waals surface area contributed by atoms with Gasteiger partial charge in [-0.15, -0.1) is 0 Å². The third kappa shape index (κ3) is 5.01. The molecule has 0 spiro atoms. The van der Waals surface area contributed by atoms with Crippen molar-refractivity contribution in [2.45, 2.75) is 0 Å². The molecule has 3 amide bonds. The van der Waals surface area contributed by atoms with E-state index in [0.29, 0.717) is 23.2 Å². The second-order valence-corrected chi connectivity index (χ2v) is 7.75. The van der Waals surface area contributed by atoms with Crippen LogP contribution >= 0.6 is 23.4 Å². The summed E-state index contributed by atoms with van der Waals surface area (Å²) in [5, 5.41) is 13.2. The number of carbonyl (C=O) groups is 3. The maximum atomic E-state index is 12.7. The summed E-state index contributed by atoms with van der Waals surface area (Å²) in [5.74, 6) is -0.590. The van der Waals surface area contributed by atoms with Gasteiger partial charge in [-0.1, -0.05) is 11.6 Å². The SMILES string of the molecule is COc1ccc(NC(=O)CN2C(=O)SC(=Cc3cc([N+](=O)[O-])ccc3OC)C2=O)cc1Cl. The third-order valence-electron chi connectivity index (χ3n) is 4.32. The van der Waals surface area contributed by atoms with Crippen LogP contribution in [0.5, 0.6) is 11.5 Å². The van der Waals surface area contributed by atoms with E-state index in [1.165, 1.54) is 44.6 Å². The minimum atomic E-state index is -0.698. The van der Waals surface area contributed by atoms with Crippen molar-refractivity contribution in [3.8, 4) is 11.5 Å². The van der Waals surface area contributed by atoms with Gasteiger partial charge in [0.25, 0.3) is 16.8 Å². The topological polar surface area (TPSA) is 128 Å². The minimum absolute atomic E-state index is 0.00842. The quantitative estimate of drug-likeness (QED) is 0.360. The van der Waals surface area contributed by atoms with Gasteiger partial charge in [-0.3, -0.25) is 29.4 Å². The fourth-order valence-electron chi connectivity index (χ4n) is 2.81. The highest BCUT2D eigenvalue weighted by atomic mass is 35.5. The lowest BCUT2D eigenvalue weighted by Gasteiger charge is -2.13. The maximum Gasteiger partial charge on any atom is 0.294 e. The number of benzene rings is 2. The molecule has 12 heteroatoms. The van der Waals surface area contributed by atoms with Crippen LogP contribution in [0.3, 0.4) is 0 Å². The van der Waals surface area contributed by atoms with Gasteiger partial charge in [0.2, 0.25) is 5.91 Å². The Morgan fingerprint density at radius 1 is 1.19 bits per heavy atom. The Morgan fingerprint density at radius 3 is 2.50 bits per heavy atom. The summed E-state index contributed by atoms with van der Waals surface area (Å²) >= 11 is 6.64. The van der Waals surface area contributed by atoms with Crippen molar-refractivity contribution in [2.24, 2.45) is 0 Å². The van der Waals surface area contributed by atoms with Gasteiger partial charge in [-0.05, 0) is 42.1 Å². The number of carbonyl (C=O) groups excluding carboxylic acids is 3. The number of non-ortho nitro benzene ring substituents is 1. The van der Waals surface area contributed by atoms with Crippen LogP contribution in [-0.2, 0) is 9.59 Å². The summed E-state index contributed by atoms with van der Waals surface area (Å²) in [6.07, 6.45) is 1.32. The van der Waals surface area contributed by atoms with E-state index >= 15 is 0 Å². The second-order valence-electron chi connectivity index (χ2n) is 6.35. The molecule has 10 nitrogen and oxygen atoms in total. The van der Waals surface area contributed by atoms with Crippen molar-refractivity contribution in [2.75, 3.05) is 26.1 Å². The number of imide groups is 1. The molecule has 0 bridgehead atoms. The number of rotatable bonds is 7. The number of amides is 3. The van der Waals surface area contributed by atoms with E-state index < -0.39 is 28.5 Å². The van der Waals surface area contributed by atoms with Gasteiger partial charge in [-0.25, -0.2) is 0 Å². The summed E-state index contributed by atoms with van der Waals surface area (Å²) in [7, 11) is 2.83. The van der Waals surface area contributed by atoms with Crippen molar-refractivity contribution in [1.82, 2.24) is 4.90 Å². The van der Waals surface area contributed by atoms with E-state index in [0.717, 1.165) is 4.90 Å². The second kappa shape index (κ2) is 9.71. The molecule has 0 saturated carbocycles. The summed E-state index contributed by atoms with van der Waals surface area (Å²) in [6, 6.07) is 8.48. The highest BCUT2D eigenvalue weighted by Crippen LogP contribution is 2.35. The number of ether oxygens (including phenoxy) is 2. The fraction of sp³-hybridized carbons (Fsp3) is 0.150. The Labute approximate surface area is 191 Å². The molecule has 2 aromatic rings. The smallest absolute Gasteiger partial charge is 0.294 e. The number of anilines is 1. The normalized spacial score (nSPS) is 14.6. The molecular weight excluding hydrogens is 462 g/mol. The number of methoxy groups -OCH3 is 2. The first-order valence-corrected chi connectivity index (χ1v) is 10.1. The predicted octanol–water partition coefficient (Wildman–Crippen LogP) is 3.94.